The molecule has 0 unspecified atom stereocenters. The standard InChI is InChI=1S/C12H19NO3/c1-12(2)5-10(15)13(11(16)6-12)7-8-3-9(14)4-8/h8-9,14H,3-7H2,1-2H3. The van der Waals surface area contributed by atoms with Gasteiger partial charge in [-0.15, -0.1) is 0 Å². The van der Waals surface area contributed by atoms with Gasteiger partial charge in [0.1, 0.15) is 0 Å². The molecule has 0 aromatic carbocycles. The summed E-state index contributed by atoms with van der Waals surface area (Å²) in [6, 6.07) is 0. The summed E-state index contributed by atoms with van der Waals surface area (Å²) < 4.78 is 0. The van der Waals surface area contributed by atoms with Crippen LogP contribution in [0.25, 0.3) is 0 Å². The van der Waals surface area contributed by atoms with E-state index in [-0.39, 0.29) is 23.3 Å². The van der Waals surface area contributed by atoms with Crippen molar-refractivity contribution in [2.45, 2.75) is 45.6 Å². The van der Waals surface area contributed by atoms with Crippen molar-refractivity contribution in [2.24, 2.45) is 11.3 Å². The van der Waals surface area contributed by atoms with Gasteiger partial charge in [-0.25, -0.2) is 0 Å². The van der Waals surface area contributed by atoms with Gasteiger partial charge in [0, 0.05) is 19.4 Å². The van der Waals surface area contributed by atoms with Crippen LogP contribution in [0.2, 0.25) is 0 Å². The van der Waals surface area contributed by atoms with E-state index in [1.165, 1.54) is 4.90 Å². The molecule has 2 rings (SSSR count). The highest BCUT2D eigenvalue weighted by Crippen LogP contribution is 2.34. The fourth-order valence-corrected chi connectivity index (χ4v) is 2.52. The Morgan fingerprint density at radius 1 is 1.25 bits per heavy atom. The Kier molecular flexibility index (Phi) is 2.78. The summed E-state index contributed by atoms with van der Waals surface area (Å²) in [5.41, 5.74) is -0.191. The Morgan fingerprint density at radius 3 is 2.19 bits per heavy atom. The van der Waals surface area contributed by atoms with Gasteiger partial charge in [-0.1, -0.05) is 13.8 Å². The summed E-state index contributed by atoms with van der Waals surface area (Å²) in [4.78, 5) is 25.0. The zero-order chi connectivity index (χ0) is 11.9. The topological polar surface area (TPSA) is 57.6 Å². The lowest BCUT2D eigenvalue weighted by Gasteiger charge is -2.39. The molecule has 0 aromatic heterocycles. The number of amides is 2. The lowest BCUT2D eigenvalue weighted by atomic mass is 9.79. The molecule has 1 aliphatic carbocycles. The molecule has 1 saturated heterocycles. The molecule has 0 aromatic rings. The van der Waals surface area contributed by atoms with E-state index in [1.54, 1.807) is 0 Å². The van der Waals surface area contributed by atoms with Crippen molar-refractivity contribution in [3.05, 3.63) is 0 Å². The highest BCUT2D eigenvalue weighted by atomic mass is 16.3. The highest BCUT2D eigenvalue weighted by molar-refractivity contribution is 5.98. The van der Waals surface area contributed by atoms with Crippen LogP contribution >= 0.6 is 0 Å². The number of hydrogen-bond donors (Lipinski definition) is 1. The molecule has 2 fully saturated rings. The predicted molar refractivity (Wildman–Crippen MR) is 58.5 cm³/mol. The lowest BCUT2D eigenvalue weighted by Crippen LogP contribution is -2.50. The minimum Gasteiger partial charge on any atom is -0.393 e. The molecule has 90 valence electrons. The molecule has 0 bridgehead atoms. The van der Waals surface area contributed by atoms with E-state index in [4.69, 9.17) is 0 Å². The van der Waals surface area contributed by atoms with Gasteiger partial charge >= 0.3 is 0 Å². The van der Waals surface area contributed by atoms with Crippen molar-refractivity contribution in [2.75, 3.05) is 6.54 Å². The molecule has 1 N–H and O–H groups in total. The number of aliphatic hydroxyl groups excluding tert-OH is 1. The second kappa shape index (κ2) is 3.84. The van der Waals surface area contributed by atoms with Crippen LogP contribution in [0.1, 0.15) is 39.5 Å². The highest BCUT2D eigenvalue weighted by Gasteiger charge is 2.39. The minimum absolute atomic E-state index is 0.0531. The van der Waals surface area contributed by atoms with E-state index in [9.17, 15) is 14.7 Å². The molecule has 1 saturated carbocycles. The Bertz CT molecular complexity index is 298. The summed E-state index contributed by atoms with van der Waals surface area (Å²) in [6.45, 7) is 4.41. The third-order valence-corrected chi connectivity index (χ3v) is 3.51. The molecule has 0 spiro atoms. The third kappa shape index (κ3) is 2.26. The average molecular weight is 225 g/mol. The first-order valence-corrected chi connectivity index (χ1v) is 5.89. The van der Waals surface area contributed by atoms with Crippen LogP contribution in [0.5, 0.6) is 0 Å². The Balaban J connectivity index is 1.95. The number of nitrogens with zero attached hydrogens (tertiary/aromatic N) is 1. The van der Waals surface area contributed by atoms with Gasteiger partial charge < -0.3 is 5.11 Å². The Labute approximate surface area is 95.6 Å². The van der Waals surface area contributed by atoms with Crippen LogP contribution in [0.4, 0.5) is 0 Å². The maximum absolute atomic E-state index is 11.8. The average Bonchev–Trinajstić information content (AvgIpc) is 2.05. The summed E-state index contributed by atoms with van der Waals surface area (Å²) in [5.74, 6) is 0.203. The van der Waals surface area contributed by atoms with Gasteiger partial charge in [0.25, 0.3) is 0 Å². The van der Waals surface area contributed by atoms with Crippen molar-refractivity contribution in [3.63, 3.8) is 0 Å². The Hall–Kier alpha value is -0.900. The van der Waals surface area contributed by atoms with Crippen LogP contribution in [-0.2, 0) is 9.59 Å². The van der Waals surface area contributed by atoms with Gasteiger partial charge in [0.05, 0.1) is 6.10 Å². The molecule has 2 aliphatic rings. The molecule has 16 heavy (non-hydrogen) atoms. The molecular formula is C12H19NO3. The fraction of sp³-hybridized carbons (Fsp3) is 0.833. The third-order valence-electron chi connectivity index (χ3n) is 3.51. The quantitative estimate of drug-likeness (QED) is 0.711. The predicted octanol–water partition coefficient (Wildman–Crippen LogP) is 0.933. The number of carbonyl (C=O) groups excluding carboxylic acids is 2. The summed E-state index contributed by atoms with van der Waals surface area (Å²) >= 11 is 0. The minimum atomic E-state index is -0.226. The van der Waals surface area contributed by atoms with Gasteiger partial charge in [-0.05, 0) is 24.2 Å². The van der Waals surface area contributed by atoms with Crippen LogP contribution in [0.3, 0.4) is 0 Å². The fourth-order valence-electron chi connectivity index (χ4n) is 2.52. The van der Waals surface area contributed by atoms with Gasteiger partial charge in [0.2, 0.25) is 11.8 Å². The van der Waals surface area contributed by atoms with Crippen molar-refractivity contribution in [1.82, 2.24) is 4.90 Å². The number of carbonyl (C=O) groups is 2. The van der Waals surface area contributed by atoms with E-state index in [2.05, 4.69) is 0 Å². The van der Waals surface area contributed by atoms with E-state index in [1.807, 2.05) is 13.8 Å². The van der Waals surface area contributed by atoms with E-state index < -0.39 is 0 Å². The van der Waals surface area contributed by atoms with Crippen molar-refractivity contribution in [1.29, 1.82) is 0 Å². The van der Waals surface area contributed by atoms with Gasteiger partial charge in [-0.3, -0.25) is 14.5 Å². The smallest absolute Gasteiger partial charge is 0.229 e. The van der Waals surface area contributed by atoms with E-state index >= 15 is 0 Å². The zero-order valence-corrected chi connectivity index (χ0v) is 9.90. The van der Waals surface area contributed by atoms with Crippen molar-refractivity contribution >= 4 is 11.8 Å². The second-order valence-electron chi connectivity index (χ2n) is 5.91. The molecule has 1 heterocycles. The number of hydrogen-bond acceptors (Lipinski definition) is 3. The normalized spacial score (nSPS) is 33.8. The molecule has 1 aliphatic heterocycles. The number of aliphatic hydroxyl groups is 1. The lowest BCUT2D eigenvalue weighted by molar-refractivity contribution is -0.154. The van der Waals surface area contributed by atoms with Crippen molar-refractivity contribution < 1.29 is 14.7 Å². The molecule has 4 nitrogen and oxygen atoms in total. The summed E-state index contributed by atoms with van der Waals surface area (Å²) in [5, 5.41) is 9.17. The molecular weight excluding hydrogens is 206 g/mol. The van der Waals surface area contributed by atoms with Crippen LogP contribution in [-0.4, -0.2) is 34.5 Å². The van der Waals surface area contributed by atoms with Crippen molar-refractivity contribution in [3.8, 4) is 0 Å². The number of imide groups is 1. The maximum atomic E-state index is 11.8. The van der Waals surface area contributed by atoms with Crippen LogP contribution < -0.4 is 0 Å². The molecule has 0 radical (unpaired) electrons. The first-order valence-electron chi connectivity index (χ1n) is 5.89. The van der Waals surface area contributed by atoms with E-state index in [0.717, 1.165) is 12.8 Å². The largest absolute Gasteiger partial charge is 0.393 e. The SMILES string of the molecule is CC1(C)CC(=O)N(CC2CC(O)C2)C(=O)C1. The zero-order valence-electron chi connectivity index (χ0n) is 9.90. The second-order valence-corrected chi connectivity index (χ2v) is 5.91. The monoisotopic (exact) mass is 225 g/mol. The maximum Gasteiger partial charge on any atom is 0.229 e. The van der Waals surface area contributed by atoms with E-state index in [0.29, 0.717) is 25.3 Å². The molecule has 4 heteroatoms. The van der Waals surface area contributed by atoms with Crippen LogP contribution in [0, 0.1) is 11.3 Å². The summed E-state index contributed by atoms with van der Waals surface area (Å²) in [6.07, 6.45) is 2.12. The number of rotatable bonds is 2. The van der Waals surface area contributed by atoms with Gasteiger partial charge in [0.15, 0.2) is 0 Å². The van der Waals surface area contributed by atoms with Crippen LogP contribution in [0.15, 0.2) is 0 Å². The molecule has 0 atom stereocenters. The first-order chi connectivity index (χ1) is 7.37. The molecule has 2 amide bonds. The number of likely N-dealkylation sites (tertiary alicyclic amines) is 1. The summed E-state index contributed by atoms with van der Waals surface area (Å²) in [7, 11) is 0. The first kappa shape index (κ1) is 11.6. The van der Waals surface area contributed by atoms with Gasteiger partial charge in [-0.2, -0.15) is 0 Å². The Morgan fingerprint density at radius 2 is 1.75 bits per heavy atom. The number of piperidine rings is 1.